The first-order valence-electron chi connectivity index (χ1n) is 7.99. The zero-order valence-electron chi connectivity index (χ0n) is 14.3. The van der Waals surface area contributed by atoms with E-state index >= 15 is 0 Å². The second-order valence-electron chi connectivity index (χ2n) is 5.39. The molecular formula is C17H29FN4. The molecule has 0 heterocycles. The molecule has 0 spiro atoms. The summed E-state index contributed by atoms with van der Waals surface area (Å²) < 4.78 is 13.2. The molecule has 0 radical (unpaired) electrons. The van der Waals surface area contributed by atoms with E-state index in [1.54, 1.807) is 19.2 Å². The molecule has 0 aliphatic carbocycles. The third-order valence-electron chi connectivity index (χ3n) is 3.58. The Morgan fingerprint density at radius 1 is 1.27 bits per heavy atom. The highest BCUT2D eigenvalue weighted by atomic mass is 19.1. The van der Waals surface area contributed by atoms with Crippen molar-refractivity contribution in [3.8, 4) is 0 Å². The Labute approximate surface area is 134 Å². The predicted molar refractivity (Wildman–Crippen MR) is 91.6 cm³/mol. The van der Waals surface area contributed by atoms with E-state index in [-0.39, 0.29) is 5.82 Å². The summed E-state index contributed by atoms with van der Waals surface area (Å²) in [5.41, 5.74) is 0.937. The summed E-state index contributed by atoms with van der Waals surface area (Å²) in [5, 5.41) is 3.37. The number of hydrogen-bond acceptors (Lipinski definition) is 2. The van der Waals surface area contributed by atoms with Crippen LogP contribution in [0.2, 0.25) is 0 Å². The number of nitrogens with zero attached hydrogens (tertiary/aromatic N) is 3. The van der Waals surface area contributed by atoms with Gasteiger partial charge >= 0.3 is 0 Å². The fourth-order valence-electron chi connectivity index (χ4n) is 2.44. The summed E-state index contributed by atoms with van der Waals surface area (Å²) >= 11 is 0. The number of aliphatic imine (C=N–C) groups is 1. The zero-order chi connectivity index (χ0) is 16.4. The number of hydrogen-bond donors (Lipinski definition) is 1. The van der Waals surface area contributed by atoms with Crippen LogP contribution in [0.15, 0.2) is 29.3 Å². The Bertz CT molecular complexity index is 462. The highest BCUT2D eigenvalue weighted by Gasteiger charge is 2.08. The fraction of sp³-hybridized carbons (Fsp3) is 0.588. The first kappa shape index (κ1) is 18.4. The average Bonchev–Trinajstić information content (AvgIpc) is 2.50. The normalized spacial score (nSPS) is 11.8. The van der Waals surface area contributed by atoms with E-state index in [1.807, 2.05) is 18.0 Å². The maximum Gasteiger partial charge on any atom is 0.193 e. The lowest BCUT2D eigenvalue weighted by atomic mass is 10.2. The summed E-state index contributed by atoms with van der Waals surface area (Å²) in [6.45, 7) is 9.04. The second-order valence-corrected chi connectivity index (χ2v) is 5.39. The SMILES string of the molecule is CCCN(CC)CCNC(=NC)N(C)Cc1cccc(F)c1. The van der Waals surface area contributed by atoms with Gasteiger partial charge in [-0.1, -0.05) is 26.0 Å². The quantitative estimate of drug-likeness (QED) is 0.591. The molecule has 0 saturated carbocycles. The molecule has 1 aromatic carbocycles. The highest BCUT2D eigenvalue weighted by molar-refractivity contribution is 5.79. The van der Waals surface area contributed by atoms with Gasteiger partial charge < -0.3 is 15.1 Å². The maximum absolute atomic E-state index is 13.2. The van der Waals surface area contributed by atoms with Crippen LogP contribution in [-0.4, -0.2) is 56.0 Å². The molecule has 22 heavy (non-hydrogen) atoms. The van der Waals surface area contributed by atoms with Crippen LogP contribution in [0.4, 0.5) is 4.39 Å². The lowest BCUT2D eigenvalue weighted by Gasteiger charge is -2.24. The monoisotopic (exact) mass is 308 g/mol. The molecule has 0 fully saturated rings. The molecule has 0 atom stereocenters. The summed E-state index contributed by atoms with van der Waals surface area (Å²) in [6, 6.07) is 6.68. The van der Waals surface area contributed by atoms with Crippen molar-refractivity contribution in [1.82, 2.24) is 15.1 Å². The average molecular weight is 308 g/mol. The van der Waals surface area contributed by atoms with Crippen molar-refractivity contribution >= 4 is 5.96 Å². The Morgan fingerprint density at radius 2 is 2.05 bits per heavy atom. The second kappa shape index (κ2) is 10.2. The van der Waals surface area contributed by atoms with Gasteiger partial charge in [0.2, 0.25) is 0 Å². The summed E-state index contributed by atoms with van der Waals surface area (Å²) in [4.78, 5) is 8.71. The van der Waals surface area contributed by atoms with Crippen LogP contribution < -0.4 is 5.32 Å². The van der Waals surface area contributed by atoms with E-state index in [1.165, 1.54) is 12.5 Å². The smallest absolute Gasteiger partial charge is 0.193 e. The van der Waals surface area contributed by atoms with E-state index in [0.717, 1.165) is 37.7 Å². The molecule has 0 aromatic heterocycles. The van der Waals surface area contributed by atoms with Gasteiger partial charge in [-0.25, -0.2) is 4.39 Å². The van der Waals surface area contributed by atoms with Gasteiger partial charge in [0.15, 0.2) is 5.96 Å². The number of likely N-dealkylation sites (N-methyl/N-ethyl adjacent to an activating group) is 1. The summed E-state index contributed by atoms with van der Waals surface area (Å²) in [5.74, 6) is 0.629. The molecule has 0 aliphatic heterocycles. The van der Waals surface area contributed by atoms with Crippen molar-refractivity contribution in [2.75, 3.05) is 40.3 Å². The van der Waals surface area contributed by atoms with Gasteiger partial charge in [0.25, 0.3) is 0 Å². The van der Waals surface area contributed by atoms with Crippen molar-refractivity contribution in [3.63, 3.8) is 0 Å². The van der Waals surface area contributed by atoms with E-state index in [4.69, 9.17) is 0 Å². The third kappa shape index (κ3) is 6.43. The molecule has 0 unspecified atom stereocenters. The molecule has 0 saturated heterocycles. The summed E-state index contributed by atoms with van der Waals surface area (Å²) in [7, 11) is 3.73. The Hall–Kier alpha value is -1.62. The van der Waals surface area contributed by atoms with Gasteiger partial charge in [-0.05, 0) is 37.2 Å². The van der Waals surface area contributed by atoms with E-state index in [9.17, 15) is 4.39 Å². The molecule has 1 aromatic rings. The van der Waals surface area contributed by atoms with Crippen molar-refractivity contribution in [2.24, 2.45) is 4.99 Å². The molecule has 4 nitrogen and oxygen atoms in total. The number of nitrogens with one attached hydrogen (secondary N) is 1. The van der Waals surface area contributed by atoms with Crippen LogP contribution >= 0.6 is 0 Å². The number of rotatable bonds is 8. The number of guanidine groups is 1. The molecule has 1 N–H and O–H groups in total. The zero-order valence-corrected chi connectivity index (χ0v) is 14.3. The predicted octanol–water partition coefficient (Wildman–Crippen LogP) is 2.56. The van der Waals surface area contributed by atoms with Crippen molar-refractivity contribution in [3.05, 3.63) is 35.6 Å². The van der Waals surface area contributed by atoms with Crippen LogP contribution in [0.1, 0.15) is 25.8 Å². The first-order chi connectivity index (χ1) is 10.6. The lowest BCUT2D eigenvalue weighted by Crippen LogP contribution is -2.42. The molecule has 0 bridgehead atoms. The largest absolute Gasteiger partial charge is 0.355 e. The van der Waals surface area contributed by atoms with Gasteiger partial charge in [-0.3, -0.25) is 4.99 Å². The van der Waals surface area contributed by atoms with Crippen LogP contribution in [0, 0.1) is 5.82 Å². The van der Waals surface area contributed by atoms with Crippen molar-refractivity contribution in [2.45, 2.75) is 26.8 Å². The van der Waals surface area contributed by atoms with Crippen molar-refractivity contribution < 1.29 is 4.39 Å². The van der Waals surface area contributed by atoms with Crippen LogP contribution in [0.5, 0.6) is 0 Å². The van der Waals surface area contributed by atoms with E-state index in [0.29, 0.717) is 6.54 Å². The third-order valence-corrected chi connectivity index (χ3v) is 3.58. The molecule has 5 heteroatoms. The van der Waals surface area contributed by atoms with Crippen LogP contribution in [-0.2, 0) is 6.54 Å². The molecule has 1 rings (SSSR count). The Morgan fingerprint density at radius 3 is 2.64 bits per heavy atom. The molecule has 0 aliphatic rings. The maximum atomic E-state index is 13.2. The fourth-order valence-corrected chi connectivity index (χ4v) is 2.44. The molecule has 124 valence electrons. The Balaban J connectivity index is 2.46. The van der Waals surface area contributed by atoms with Gasteiger partial charge in [-0.15, -0.1) is 0 Å². The highest BCUT2D eigenvalue weighted by Crippen LogP contribution is 2.06. The molecular weight excluding hydrogens is 279 g/mol. The van der Waals surface area contributed by atoms with Crippen LogP contribution in [0.25, 0.3) is 0 Å². The minimum atomic E-state index is -0.202. The number of halogens is 1. The first-order valence-corrected chi connectivity index (χ1v) is 7.99. The topological polar surface area (TPSA) is 30.9 Å². The molecule has 0 amide bonds. The van der Waals surface area contributed by atoms with Crippen molar-refractivity contribution in [1.29, 1.82) is 0 Å². The minimum Gasteiger partial charge on any atom is -0.355 e. The van der Waals surface area contributed by atoms with E-state index < -0.39 is 0 Å². The van der Waals surface area contributed by atoms with Gasteiger partial charge in [0.1, 0.15) is 5.82 Å². The van der Waals surface area contributed by atoms with Gasteiger partial charge in [-0.2, -0.15) is 0 Å². The lowest BCUT2D eigenvalue weighted by molar-refractivity contribution is 0.291. The van der Waals surface area contributed by atoms with E-state index in [2.05, 4.69) is 29.1 Å². The summed E-state index contributed by atoms with van der Waals surface area (Å²) in [6.07, 6.45) is 1.17. The minimum absolute atomic E-state index is 0.202. The van der Waals surface area contributed by atoms with Gasteiger partial charge in [0, 0.05) is 33.7 Å². The number of benzene rings is 1. The van der Waals surface area contributed by atoms with Crippen LogP contribution in [0.3, 0.4) is 0 Å². The standard InChI is InChI=1S/C17H29FN4/c1-5-11-22(6-2)12-10-20-17(19-3)21(4)14-15-8-7-9-16(18)13-15/h7-9,13H,5-6,10-12,14H2,1-4H3,(H,19,20). The van der Waals surface area contributed by atoms with Gasteiger partial charge in [0.05, 0.1) is 0 Å². The Kier molecular flexibility index (Phi) is 8.51.